The second-order valence-corrected chi connectivity index (χ2v) is 7.80. The first-order valence-electron chi connectivity index (χ1n) is 6.46. The summed E-state index contributed by atoms with van der Waals surface area (Å²) in [6.45, 7) is 2.21. The summed E-state index contributed by atoms with van der Waals surface area (Å²) in [7, 11) is -3.59. The number of thiazole rings is 1. The van der Waals surface area contributed by atoms with Crippen LogP contribution in [-0.4, -0.2) is 18.4 Å². The van der Waals surface area contributed by atoms with E-state index in [0.29, 0.717) is 11.0 Å². The first kappa shape index (κ1) is 13.5. The molecule has 0 bridgehead atoms. The van der Waals surface area contributed by atoms with E-state index in [2.05, 4.69) is 21.6 Å². The molecule has 1 N–H and O–H groups in total. The van der Waals surface area contributed by atoms with E-state index in [1.807, 2.05) is 0 Å². The fourth-order valence-corrected chi connectivity index (χ4v) is 4.63. The third-order valence-electron chi connectivity index (χ3n) is 3.35. The third-order valence-corrected chi connectivity index (χ3v) is 5.84. The van der Waals surface area contributed by atoms with Crippen LogP contribution >= 0.6 is 11.3 Å². The highest BCUT2D eigenvalue weighted by Gasteiger charge is 2.22. The highest BCUT2D eigenvalue weighted by molar-refractivity contribution is 7.93. The molecular weight excluding hydrogens is 294 g/mol. The quantitative estimate of drug-likeness (QED) is 0.945. The number of rotatable bonds is 3. The molecule has 3 rings (SSSR count). The average Bonchev–Trinajstić information content (AvgIpc) is 2.80. The van der Waals surface area contributed by atoms with E-state index >= 15 is 0 Å². The van der Waals surface area contributed by atoms with Gasteiger partial charge < -0.3 is 0 Å². The van der Waals surface area contributed by atoms with Crippen LogP contribution in [0.3, 0.4) is 0 Å². The third kappa shape index (κ3) is 2.69. The van der Waals surface area contributed by atoms with Crippen LogP contribution < -0.4 is 4.72 Å². The van der Waals surface area contributed by atoms with E-state index in [4.69, 9.17) is 0 Å². The first-order chi connectivity index (χ1) is 9.54. The average molecular weight is 309 g/mol. The fourth-order valence-electron chi connectivity index (χ4n) is 2.26. The second kappa shape index (κ2) is 5.14. The number of pyridine rings is 1. The molecule has 1 aliphatic carbocycles. The molecule has 0 aromatic carbocycles. The lowest BCUT2D eigenvalue weighted by molar-refractivity contribution is 0.502. The molecular formula is C13H15N3O2S2. The van der Waals surface area contributed by atoms with Gasteiger partial charge in [0.15, 0.2) is 5.13 Å². The number of hydrogen-bond acceptors (Lipinski definition) is 5. The monoisotopic (exact) mass is 309 g/mol. The Bertz CT molecular complexity index is 710. The van der Waals surface area contributed by atoms with Gasteiger partial charge in [-0.15, -0.1) is 11.3 Å². The number of hydrogen-bond donors (Lipinski definition) is 1. The van der Waals surface area contributed by atoms with Gasteiger partial charge in [-0.25, -0.2) is 13.4 Å². The van der Waals surface area contributed by atoms with E-state index in [-0.39, 0.29) is 4.90 Å². The van der Waals surface area contributed by atoms with Gasteiger partial charge in [0, 0.05) is 17.3 Å². The summed E-state index contributed by atoms with van der Waals surface area (Å²) in [6.07, 6.45) is 5.91. The van der Waals surface area contributed by atoms with Crippen molar-refractivity contribution in [2.75, 3.05) is 4.72 Å². The molecule has 0 radical (unpaired) electrons. The molecule has 0 saturated heterocycles. The molecule has 7 heteroatoms. The van der Waals surface area contributed by atoms with Crippen LogP contribution in [0.4, 0.5) is 5.13 Å². The minimum Gasteiger partial charge on any atom is -0.263 e. The van der Waals surface area contributed by atoms with Crippen molar-refractivity contribution in [3.63, 3.8) is 0 Å². The van der Waals surface area contributed by atoms with Crippen LogP contribution in [0.2, 0.25) is 0 Å². The largest absolute Gasteiger partial charge is 0.265 e. The van der Waals surface area contributed by atoms with Gasteiger partial charge in [0.2, 0.25) is 0 Å². The second-order valence-electron chi connectivity index (χ2n) is 5.03. The summed E-state index contributed by atoms with van der Waals surface area (Å²) in [4.78, 5) is 9.59. The highest BCUT2D eigenvalue weighted by atomic mass is 32.2. The topological polar surface area (TPSA) is 72.0 Å². The Morgan fingerprint density at radius 3 is 3.05 bits per heavy atom. The van der Waals surface area contributed by atoms with Crippen LogP contribution in [0.5, 0.6) is 0 Å². The van der Waals surface area contributed by atoms with Crippen molar-refractivity contribution in [3.05, 3.63) is 35.1 Å². The molecule has 2 aromatic rings. The molecule has 1 atom stereocenters. The molecule has 0 fully saturated rings. The van der Waals surface area contributed by atoms with Crippen LogP contribution in [0.1, 0.15) is 23.9 Å². The summed E-state index contributed by atoms with van der Waals surface area (Å²) < 4.78 is 26.9. The Kier molecular flexibility index (Phi) is 3.47. The van der Waals surface area contributed by atoms with Gasteiger partial charge in [-0.1, -0.05) is 6.92 Å². The maximum absolute atomic E-state index is 12.2. The Labute approximate surface area is 122 Å². The highest BCUT2D eigenvalue weighted by Crippen LogP contribution is 2.32. The molecule has 1 unspecified atom stereocenters. The summed E-state index contributed by atoms with van der Waals surface area (Å²) in [5.41, 5.74) is 1.04. The number of nitrogens with one attached hydrogen (secondary N) is 1. The smallest absolute Gasteiger partial charge is 0.263 e. The molecule has 0 aliphatic heterocycles. The van der Waals surface area contributed by atoms with Crippen molar-refractivity contribution in [2.45, 2.75) is 31.1 Å². The Balaban J connectivity index is 1.85. The Hall–Kier alpha value is -1.47. The van der Waals surface area contributed by atoms with Crippen LogP contribution in [-0.2, 0) is 22.9 Å². The number of nitrogens with zero attached hydrogens (tertiary/aromatic N) is 2. The summed E-state index contributed by atoms with van der Waals surface area (Å²) in [5.74, 6) is 0.644. The Morgan fingerprint density at radius 2 is 2.30 bits per heavy atom. The predicted octanol–water partition coefficient (Wildman–Crippen LogP) is 2.46. The van der Waals surface area contributed by atoms with Gasteiger partial charge in [0.25, 0.3) is 10.0 Å². The first-order valence-corrected chi connectivity index (χ1v) is 8.76. The van der Waals surface area contributed by atoms with Crippen molar-refractivity contribution in [1.82, 2.24) is 9.97 Å². The number of fused-ring (bicyclic) bond motifs is 1. The molecule has 0 amide bonds. The maximum Gasteiger partial charge on any atom is 0.265 e. The standard InChI is InChI=1S/C13H15N3O2S2/c1-9-4-5-11-12(7-9)19-13(15-11)16-20(17,18)10-3-2-6-14-8-10/h2-3,6,8-9H,4-5,7H2,1H3,(H,15,16). The van der Waals surface area contributed by atoms with E-state index in [1.165, 1.54) is 28.5 Å². The maximum atomic E-state index is 12.2. The number of sulfonamides is 1. The lowest BCUT2D eigenvalue weighted by Gasteiger charge is -2.15. The van der Waals surface area contributed by atoms with Gasteiger partial charge in [-0.3, -0.25) is 9.71 Å². The molecule has 2 heterocycles. The van der Waals surface area contributed by atoms with Crippen molar-refractivity contribution < 1.29 is 8.42 Å². The van der Waals surface area contributed by atoms with Gasteiger partial charge in [-0.05, 0) is 37.3 Å². The van der Waals surface area contributed by atoms with Crippen LogP contribution in [0, 0.1) is 5.92 Å². The summed E-state index contributed by atoms with van der Waals surface area (Å²) in [5, 5.41) is 0.452. The zero-order valence-corrected chi connectivity index (χ0v) is 12.7. The normalized spacial score (nSPS) is 18.6. The predicted molar refractivity (Wildman–Crippen MR) is 78.3 cm³/mol. The number of aryl methyl sites for hydroxylation is 1. The van der Waals surface area contributed by atoms with Gasteiger partial charge in [0.05, 0.1) is 5.69 Å². The Morgan fingerprint density at radius 1 is 1.45 bits per heavy atom. The molecule has 0 saturated carbocycles. The van der Waals surface area contributed by atoms with Crippen molar-refractivity contribution in [3.8, 4) is 0 Å². The zero-order valence-electron chi connectivity index (χ0n) is 11.0. The SMILES string of the molecule is CC1CCc2nc(NS(=O)(=O)c3cccnc3)sc2C1. The number of anilines is 1. The van der Waals surface area contributed by atoms with E-state index < -0.39 is 10.0 Å². The zero-order chi connectivity index (χ0) is 14.2. The summed E-state index contributed by atoms with van der Waals surface area (Å²) in [6, 6.07) is 3.12. The lowest BCUT2D eigenvalue weighted by atomic mass is 9.93. The van der Waals surface area contributed by atoms with E-state index in [0.717, 1.165) is 25.0 Å². The van der Waals surface area contributed by atoms with Gasteiger partial charge in [0.1, 0.15) is 4.90 Å². The molecule has 20 heavy (non-hydrogen) atoms. The fraction of sp³-hybridized carbons (Fsp3) is 0.385. The summed E-state index contributed by atoms with van der Waals surface area (Å²) >= 11 is 1.44. The van der Waals surface area contributed by atoms with E-state index in [9.17, 15) is 8.42 Å². The lowest BCUT2D eigenvalue weighted by Crippen LogP contribution is -2.13. The molecule has 0 spiro atoms. The van der Waals surface area contributed by atoms with Crippen molar-refractivity contribution >= 4 is 26.5 Å². The van der Waals surface area contributed by atoms with Crippen molar-refractivity contribution in [1.29, 1.82) is 0 Å². The number of aromatic nitrogens is 2. The molecule has 106 valence electrons. The molecule has 2 aromatic heterocycles. The van der Waals surface area contributed by atoms with Crippen LogP contribution in [0.15, 0.2) is 29.4 Å². The minimum absolute atomic E-state index is 0.154. The van der Waals surface area contributed by atoms with Gasteiger partial charge in [-0.2, -0.15) is 0 Å². The van der Waals surface area contributed by atoms with Crippen molar-refractivity contribution in [2.24, 2.45) is 5.92 Å². The van der Waals surface area contributed by atoms with Crippen LogP contribution in [0.25, 0.3) is 0 Å². The van der Waals surface area contributed by atoms with Gasteiger partial charge >= 0.3 is 0 Å². The molecule has 5 nitrogen and oxygen atoms in total. The molecule has 1 aliphatic rings. The van der Waals surface area contributed by atoms with E-state index in [1.54, 1.807) is 12.3 Å². The minimum atomic E-state index is -3.59.